The van der Waals surface area contributed by atoms with Crippen molar-refractivity contribution in [3.63, 3.8) is 0 Å². The summed E-state index contributed by atoms with van der Waals surface area (Å²) in [5, 5.41) is 9.43. The standard InChI is InChI=1S/C13H15NO4/c15-8-11-6-12(16)7-14(11)13(17)18-9-10-4-2-1-3-5-10/h1-5,8,11-12,16H,6-7,9H2/t11-,12?/m1/s1. The Bertz CT molecular complexity index is 420. The van der Waals surface area contributed by atoms with Crippen molar-refractivity contribution in [2.75, 3.05) is 6.54 Å². The zero-order valence-electron chi connectivity index (χ0n) is 9.86. The van der Waals surface area contributed by atoms with E-state index < -0.39 is 18.2 Å². The van der Waals surface area contributed by atoms with Gasteiger partial charge in [-0.1, -0.05) is 30.3 Å². The fourth-order valence-electron chi connectivity index (χ4n) is 1.98. The number of aliphatic hydroxyl groups excluding tert-OH is 1. The number of hydrogen-bond donors (Lipinski definition) is 1. The second kappa shape index (κ2) is 5.64. The molecule has 1 N–H and O–H groups in total. The van der Waals surface area contributed by atoms with Crippen molar-refractivity contribution in [2.45, 2.75) is 25.2 Å². The molecule has 0 radical (unpaired) electrons. The maximum absolute atomic E-state index is 11.8. The third kappa shape index (κ3) is 2.87. The lowest BCUT2D eigenvalue weighted by Crippen LogP contribution is -2.37. The van der Waals surface area contributed by atoms with E-state index in [1.807, 2.05) is 30.3 Å². The van der Waals surface area contributed by atoms with E-state index in [1.165, 1.54) is 4.90 Å². The smallest absolute Gasteiger partial charge is 0.410 e. The van der Waals surface area contributed by atoms with Crippen molar-refractivity contribution >= 4 is 12.4 Å². The van der Waals surface area contributed by atoms with Crippen LogP contribution in [-0.2, 0) is 16.1 Å². The van der Waals surface area contributed by atoms with Crippen LogP contribution in [0.4, 0.5) is 4.79 Å². The molecule has 1 aromatic rings. The van der Waals surface area contributed by atoms with Crippen molar-refractivity contribution in [1.82, 2.24) is 4.90 Å². The highest BCUT2D eigenvalue weighted by Crippen LogP contribution is 2.17. The molecule has 18 heavy (non-hydrogen) atoms. The lowest BCUT2D eigenvalue weighted by atomic mass is 10.2. The first kappa shape index (κ1) is 12.6. The third-order valence-electron chi connectivity index (χ3n) is 2.92. The van der Waals surface area contributed by atoms with Gasteiger partial charge in [-0.15, -0.1) is 0 Å². The van der Waals surface area contributed by atoms with Crippen molar-refractivity contribution in [3.8, 4) is 0 Å². The maximum Gasteiger partial charge on any atom is 0.410 e. The predicted octanol–water partition coefficient (Wildman–Crippen LogP) is 0.957. The second-order valence-electron chi connectivity index (χ2n) is 4.29. The highest BCUT2D eigenvalue weighted by Gasteiger charge is 2.34. The molecular weight excluding hydrogens is 234 g/mol. The zero-order chi connectivity index (χ0) is 13.0. The van der Waals surface area contributed by atoms with Gasteiger partial charge in [0.15, 0.2) is 0 Å². The summed E-state index contributed by atoms with van der Waals surface area (Å²) in [6, 6.07) is 8.72. The Morgan fingerprint density at radius 3 is 2.83 bits per heavy atom. The number of likely N-dealkylation sites (tertiary alicyclic amines) is 1. The van der Waals surface area contributed by atoms with Gasteiger partial charge in [-0.2, -0.15) is 0 Å². The molecule has 1 aliphatic heterocycles. The zero-order valence-corrected chi connectivity index (χ0v) is 9.86. The monoisotopic (exact) mass is 249 g/mol. The summed E-state index contributed by atoms with van der Waals surface area (Å²) in [5.41, 5.74) is 0.883. The third-order valence-corrected chi connectivity index (χ3v) is 2.92. The number of nitrogens with zero attached hydrogens (tertiary/aromatic N) is 1. The van der Waals surface area contributed by atoms with Gasteiger partial charge in [-0.25, -0.2) is 4.79 Å². The molecule has 1 aliphatic rings. The van der Waals surface area contributed by atoms with Gasteiger partial charge in [0.1, 0.15) is 12.9 Å². The molecule has 0 bridgehead atoms. The van der Waals surface area contributed by atoms with E-state index in [-0.39, 0.29) is 19.6 Å². The molecule has 2 rings (SSSR count). The molecule has 0 aromatic heterocycles. The first-order chi connectivity index (χ1) is 8.70. The van der Waals surface area contributed by atoms with Gasteiger partial charge in [-0.3, -0.25) is 4.90 Å². The van der Waals surface area contributed by atoms with Crippen LogP contribution in [0.2, 0.25) is 0 Å². The minimum atomic E-state index is -0.649. The Hall–Kier alpha value is -1.88. The van der Waals surface area contributed by atoms with Crippen LogP contribution >= 0.6 is 0 Å². The number of benzene rings is 1. The van der Waals surface area contributed by atoms with Gasteiger partial charge in [0, 0.05) is 6.42 Å². The van der Waals surface area contributed by atoms with Crippen LogP contribution in [-0.4, -0.2) is 41.1 Å². The average Bonchev–Trinajstić information content (AvgIpc) is 2.78. The largest absolute Gasteiger partial charge is 0.445 e. The number of carbonyl (C=O) groups is 2. The molecule has 1 aromatic carbocycles. The Kier molecular flexibility index (Phi) is 3.94. The summed E-state index contributed by atoms with van der Waals surface area (Å²) in [6.07, 6.45) is -0.263. The fourth-order valence-corrected chi connectivity index (χ4v) is 1.98. The van der Waals surface area contributed by atoms with Crippen LogP contribution < -0.4 is 0 Å². The number of amides is 1. The molecule has 1 amide bonds. The molecule has 5 heteroatoms. The molecule has 1 heterocycles. The van der Waals surface area contributed by atoms with Crippen molar-refractivity contribution in [2.24, 2.45) is 0 Å². The Balaban J connectivity index is 1.90. The van der Waals surface area contributed by atoms with Gasteiger partial charge >= 0.3 is 6.09 Å². The van der Waals surface area contributed by atoms with E-state index in [4.69, 9.17) is 4.74 Å². The summed E-state index contributed by atoms with van der Waals surface area (Å²) in [5.74, 6) is 0. The average molecular weight is 249 g/mol. The number of aliphatic hydroxyl groups is 1. The molecule has 5 nitrogen and oxygen atoms in total. The lowest BCUT2D eigenvalue weighted by molar-refractivity contribution is -0.111. The van der Waals surface area contributed by atoms with E-state index in [1.54, 1.807) is 0 Å². The van der Waals surface area contributed by atoms with Gasteiger partial charge in [0.25, 0.3) is 0 Å². The number of carbonyl (C=O) groups excluding carboxylic acids is 2. The molecule has 1 saturated heterocycles. The molecule has 1 unspecified atom stereocenters. The number of rotatable bonds is 3. The Labute approximate surface area is 105 Å². The SMILES string of the molecule is O=C[C@H]1CC(O)CN1C(=O)OCc1ccccc1. The van der Waals surface area contributed by atoms with Crippen LogP contribution in [0.5, 0.6) is 0 Å². The van der Waals surface area contributed by atoms with E-state index in [2.05, 4.69) is 0 Å². The van der Waals surface area contributed by atoms with E-state index in [0.717, 1.165) is 5.56 Å². The fraction of sp³-hybridized carbons (Fsp3) is 0.385. The van der Waals surface area contributed by atoms with Gasteiger partial charge < -0.3 is 14.6 Å². The van der Waals surface area contributed by atoms with Gasteiger partial charge in [0.2, 0.25) is 0 Å². The summed E-state index contributed by atoms with van der Waals surface area (Å²) >= 11 is 0. The first-order valence-electron chi connectivity index (χ1n) is 5.81. The Morgan fingerprint density at radius 2 is 2.17 bits per heavy atom. The minimum Gasteiger partial charge on any atom is -0.445 e. The van der Waals surface area contributed by atoms with Gasteiger partial charge in [0.05, 0.1) is 18.7 Å². The molecule has 0 spiro atoms. The van der Waals surface area contributed by atoms with Crippen molar-refractivity contribution in [1.29, 1.82) is 0 Å². The summed E-state index contributed by atoms with van der Waals surface area (Å²) in [6.45, 7) is 0.314. The van der Waals surface area contributed by atoms with Crippen molar-refractivity contribution in [3.05, 3.63) is 35.9 Å². The Morgan fingerprint density at radius 1 is 1.44 bits per heavy atom. The molecule has 96 valence electrons. The number of hydrogen-bond acceptors (Lipinski definition) is 4. The molecule has 0 aliphatic carbocycles. The van der Waals surface area contributed by atoms with Crippen LogP contribution in [0.15, 0.2) is 30.3 Å². The first-order valence-corrected chi connectivity index (χ1v) is 5.81. The quantitative estimate of drug-likeness (QED) is 0.810. The van der Waals surface area contributed by atoms with Crippen molar-refractivity contribution < 1.29 is 19.4 Å². The summed E-state index contributed by atoms with van der Waals surface area (Å²) < 4.78 is 5.11. The maximum atomic E-state index is 11.8. The van der Waals surface area contributed by atoms with Gasteiger partial charge in [-0.05, 0) is 5.56 Å². The van der Waals surface area contributed by atoms with E-state index in [0.29, 0.717) is 6.29 Å². The highest BCUT2D eigenvalue weighted by atomic mass is 16.6. The minimum absolute atomic E-state index is 0.150. The van der Waals surface area contributed by atoms with Crippen LogP contribution in [0.1, 0.15) is 12.0 Å². The van der Waals surface area contributed by atoms with Crippen LogP contribution in [0.25, 0.3) is 0 Å². The lowest BCUT2D eigenvalue weighted by Gasteiger charge is -2.19. The number of ether oxygens (including phenoxy) is 1. The summed E-state index contributed by atoms with van der Waals surface area (Å²) in [4.78, 5) is 23.8. The summed E-state index contributed by atoms with van der Waals surface area (Å²) in [7, 11) is 0. The second-order valence-corrected chi connectivity index (χ2v) is 4.29. The topological polar surface area (TPSA) is 66.8 Å². The highest BCUT2D eigenvalue weighted by molar-refractivity contribution is 5.74. The van der Waals surface area contributed by atoms with E-state index in [9.17, 15) is 14.7 Å². The molecule has 1 fully saturated rings. The predicted molar refractivity (Wildman–Crippen MR) is 63.8 cm³/mol. The normalized spacial score (nSPS) is 22.8. The van der Waals surface area contributed by atoms with Crippen LogP contribution in [0, 0.1) is 0 Å². The molecule has 2 atom stereocenters. The number of aldehydes is 1. The van der Waals surface area contributed by atoms with Crippen LogP contribution in [0.3, 0.4) is 0 Å². The molecular formula is C13H15NO4. The number of β-amino-alcohol motifs (C(OH)–C–C–N with tert-alkyl or cyclic N) is 1. The molecule has 0 saturated carbocycles. The van der Waals surface area contributed by atoms with E-state index >= 15 is 0 Å².